The van der Waals surface area contributed by atoms with Crippen LogP contribution in [0.25, 0.3) is 0 Å². The summed E-state index contributed by atoms with van der Waals surface area (Å²) in [5, 5.41) is 29.7. The molecule has 1 aromatic rings. The number of rotatable bonds is 2. The molecular weight excluding hydrogens is 220 g/mol. The molecule has 1 fully saturated rings. The van der Waals surface area contributed by atoms with Crippen molar-refractivity contribution in [3.05, 3.63) is 33.4 Å². The number of nitro benzene ring substituents is 1. The predicted octanol–water partition coefficient (Wildman–Crippen LogP) is 2.83. The van der Waals surface area contributed by atoms with Crippen molar-refractivity contribution in [2.45, 2.75) is 31.6 Å². The smallest absolute Gasteiger partial charge is 0.294 e. The Morgan fingerprint density at radius 1 is 1.41 bits per heavy atom. The highest BCUT2D eigenvalue weighted by molar-refractivity contribution is 5.60. The van der Waals surface area contributed by atoms with Gasteiger partial charge >= 0.3 is 0 Å². The van der Waals surface area contributed by atoms with Crippen LogP contribution >= 0.6 is 0 Å². The minimum Gasteiger partial charge on any atom is -0.507 e. The lowest BCUT2D eigenvalue weighted by atomic mass is 9.93. The molecule has 1 aliphatic carbocycles. The maximum atomic E-state index is 11.1. The molecule has 0 saturated heterocycles. The summed E-state index contributed by atoms with van der Waals surface area (Å²) >= 11 is 0. The second-order valence-electron chi connectivity index (χ2n) is 4.24. The molecule has 1 N–H and O–H groups in total. The first kappa shape index (κ1) is 11.4. The van der Waals surface area contributed by atoms with E-state index >= 15 is 0 Å². The van der Waals surface area contributed by atoms with Gasteiger partial charge in [-0.05, 0) is 30.9 Å². The van der Waals surface area contributed by atoms with E-state index in [2.05, 4.69) is 0 Å². The molecular formula is C12H12N2O3. The zero-order valence-corrected chi connectivity index (χ0v) is 9.22. The molecule has 5 heteroatoms. The Labute approximate surface area is 98.5 Å². The van der Waals surface area contributed by atoms with Crippen molar-refractivity contribution in [2.75, 3.05) is 0 Å². The van der Waals surface area contributed by atoms with E-state index in [0.29, 0.717) is 5.56 Å². The number of hydrogen-bond donors (Lipinski definition) is 1. The molecule has 0 aromatic heterocycles. The molecule has 5 nitrogen and oxygen atoms in total. The monoisotopic (exact) mass is 232 g/mol. The number of aromatic hydroxyl groups is 1. The predicted molar refractivity (Wildman–Crippen MR) is 60.7 cm³/mol. The molecule has 1 aromatic carbocycles. The van der Waals surface area contributed by atoms with Crippen molar-refractivity contribution in [3.63, 3.8) is 0 Å². The highest BCUT2D eigenvalue weighted by Gasteiger charge is 2.30. The van der Waals surface area contributed by atoms with Crippen molar-refractivity contribution in [3.8, 4) is 11.8 Å². The van der Waals surface area contributed by atoms with Crippen LogP contribution in [0.2, 0.25) is 0 Å². The molecule has 0 atom stereocenters. The number of phenols is 1. The van der Waals surface area contributed by atoms with Gasteiger partial charge in [0.15, 0.2) is 0 Å². The Hall–Kier alpha value is -2.09. The first-order chi connectivity index (χ1) is 8.15. The van der Waals surface area contributed by atoms with Gasteiger partial charge in [0, 0.05) is 0 Å². The fraction of sp³-hybridized carbons (Fsp3) is 0.417. The highest BCUT2D eigenvalue weighted by atomic mass is 16.6. The van der Waals surface area contributed by atoms with E-state index in [0.717, 1.165) is 25.7 Å². The molecule has 0 aliphatic heterocycles. The number of nitriles is 1. The second kappa shape index (κ2) is 4.42. The van der Waals surface area contributed by atoms with Gasteiger partial charge < -0.3 is 5.11 Å². The summed E-state index contributed by atoms with van der Waals surface area (Å²) in [6.07, 6.45) is 3.70. The molecule has 88 valence electrons. The van der Waals surface area contributed by atoms with E-state index < -0.39 is 4.92 Å². The highest BCUT2D eigenvalue weighted by Crippen LogP contribution is 2.44. The Kier molecular flexibility index (Phi) is 2.96. The van der Waals surface area contributed by atoms with Gasteiger partial charge in [0.1, 0.15) is 17.4 Å². The number of benzene rings is 1. The third-order valence-corrected chi connectivity index (χ3v) is 3.26. The third kappa shape index (κ3) is 1.94. The van der Waals surface area contributed by atoms with Crippen molar-refractivity contribution in [1.29, 1.82) is 5.26 Å². The minimum atomic E-state index is -0.564. The Morgan fingerprint density at radius 2 is 2.06 bits per heavy atom. The molecule has 0 radical (unpaired) electrons. The number of hydrogen-bond acceptors (Lipinski definition) is 4. The maximum Gasteiger partial charge on any atom is 0.294 e. The SMILES string of the molecule is N#Cc1ccc(O)c(C2CCCC2)c1[N+](=O)[O-]. The van der Waals surface area contributed by atoms with Gasteiger partial charge in [0.2, 0.25) is 0 Å². The molecule has 1 saturated carbocycles. The van der Waals surface area contributed by atoms with Gasteiger partial charge in [-0.25, -0.2) is 0 Å². The van der Waals surface area contributed by atoms with Crippen molar-refractivity contribution in [2.24, 2.45) is 0 Å². The molecule has 2 rings (SSSR count). The average molecular weight is 232 g/mol. The molecule has 1 aliphatic rings. The summed E-state index contributed by atoms with van der Waals surface area (Å²) in [7, 11) is 0. The summed E-state index contributed by atoms with van der Waals surface area (Å²) in [5.74, 6) is -0.0636. The Balaban J connectivity index is 2.62. The van der Waals surface area contributed by atoms with Crippen molar-refractivity contribution >= 4 is 5.69 Å². The molecule has 0 heterocycles. The van der Waals surface area contributed by atoms with Crippen LogP contribution in [0, 0.1) is 21.4 Å². The fourth-order valence-corrected chi connectivity index (χ4v) is 2.50. The second-order valence-corrected chi connectivity index (χ2v) is 4.24. The zero-order valence-electron chi connectivity index (χ0n) is 9.22. The van der Waals surface area contributed by atoms with E-state index in [4.69, 9.17) is 5.26 Å². The van der Waals surface area contributed by atoms with Crippen LogP contribution in [-0.4, -0.2) is 10.0 Å². The van der Waals surface area contributed by atoms with Crippen LogP contribution in [0.3, 0.4) is 0 Å². The standard InChI is InChI=1S/C12H12N2O3/c13-7-9-5-6-10(15)11(12(9)14(16)17)8-3-1-2-4-8/h5-6,8,15H,1-4H2. The van der Waals surface area contributed by atoms with E-state index in [1.807, 2.05) is 6.07 Å². The van der Waals surface area contributed by atoms with Gasteiger partial charge in [0.05, 0.1) is 10.5 Å². The van der Waals surface area contributed by atoms with Gasteiger partial charge in [-0.3, -0.25) is 10.1 Å². The molecule has 0 amide bonds. The quantitative estimate of drug-likeness (QED) is 0.627. The van der Waals surface area contributed by atoms with Crippen LogP contribution in [0.5, 0.6) is 5.75 Å². The van der Waals surface area contributed by atoms with E-state index in [1.54, 1.807) is 0 Å². The van der Waals surface area contributed by atoms with Crippen molar-refractivity contribution < 1.29 is 10.0 Å². The topological polar surface area (TPSA) is 87.2 Å². The normalized spacial score (nSPS) is 15.7. The number of nitrogens with zero attached hydrogens (tertiary/aromatic N) is 2. The van der Waals surface area contributed by atoms with Crippen molar-refractivity contribution in [1.82, 2.24) is 0 Å². The third-order valence-electron chi connectivity index (χ3n) is 3.26. The molecule has 0 spiro atoms. The van der Waals surface area contributed by atoms with Crippen LogP contribution in [0.1, 0.15) is 42.7 Å². The van der Waals surface area contributed by atoms with E-state index in [9.17, 15) is 15.2 Å². The lowest BCUT2D eigenvalue weighted by molar-refractivity contribution is -0.386. The van der Waals surface area contributed by atoms with E-state index in [-0.39, 0.29) is 22.9 Å². The lowest BCUT2D eigenvalue weighted by Crippen LogP contribution is -2.02. The minimum absolute atomic E-state index is 0.00343. The first-order valence-corrected chi connectivity index (χ1v) is 5.55. The largest absolute Gasteiger partial charge is 0.507 e. The van der Waals surface area contributed by atoms with E-state index in [1.165, 1.54) is 12.1 Å². The molecule has 17 heavy (non-hydrogen) atoms. The summed E-state index contributed by atoms with van der Waals surface area (Å²) in [6.45, 7) is 0. The Morgan fingerprint density at radius 3 is 2.59 bits per heavy atom. The number of nitro groups is 1. The molecule has 0 unspecified atom stereocenters. The maximum absolute atomic E-state index is 11.1. The van der Waals surface area contributed by atoms with Gasteiger partial charge in [0.25, 0.3) is 5.69 Å². The van der Waals surface area contributed by atoms with Gasteiger partial charge in [-0.15, -0.1) is 0 Å². The van der Waals surface area contributed by atoms with Crippen LogP contribution in [0.15, 0.2) is 12.1 Å². The molecule has 0 bridgehead atoms. The zero-order chi connectivity index (χ0) is 12.4. The summed E-state index contributed by atoms with van der Waals surface area (Å²) in [6, 6.07) is 4.49. The van der Waals surface area contributed by atoms with Gasteiger partial charge in [-0.1, -0.05) is 12.8 Å². The van der Waals surface area contributed by atoms with Crippen LogP contribution < -0.4 is 0 Å². The summed E-state index contributed by atoms with van der Waals surface area (Å²) < 4.78 is 0. The van der Waals surface area contributed by atoms with Gasteiger partial charge in [-0.2, -0.15) is 5.26 Å². The fourth-order valence-electron chi connectivity index (χ4n) is 2.50. The average Bonchev–Trinajstić information content (AvgIpc) is 2.81. The van der Waals surface area contributed by atoms with Crippen LogP contribution in [0.4, 0.5) is 5.69 Å². The first-order valence-electron chi connectivity index (χ1n) is 5.55. The summed E-state index contributed by atoms with van der Waals surface area (Å²) in [5.41, 5.74) is 0.139. The van der Waals surface area contributed by atoms with Crippen LogP contribution in [-0.2, 0) is 0 Å². The Bertz CT molecular complexity index is 499. The lowest BCUT2D eigenvalue weighted by Gasteiger charge is -2.12. The number of phenolic OH excluding ortho intramolecular Hbond substituents is 1. The summed E-state index contributed by atoms with van der Waals surface area (Å²) in [4.78, 5) is 10.5.